The summed E-state index contributed by atoms with van der Waals surface area (Å²) in [6.45, 7) is 0. The second kappa shape index (κ2) is 5.93. The molecule has 2 aliphatic heterocycles. The first kappa shape index (κ1) is 17.0. The van der Waals surface area contributed by atoms with Gasteiger partial charge in [-0.15, -0.1) is 11.8 Å². The van der Waals surface area contributed by atoms with Gasteiger partial charge in [0.25, 0.3) is 5.91 Å². The molecule has 5 atom stereocenters. The Morgan fingerprint density at radius 2 is 2.20 bits per heavy atom. The fourth-order valence-corrected chi connectivity index (χ4v) is 6.44. The Morgan fingerprint density at radius 1 is 1.27 bits per heavy atom. The highest BCUT2D eigenvalue weighted by atomic mass is 32.2. The van der Waals surface area contributed by atoms with Crippen molar-refractivity contribution in [2.45, 2.75) is 23.8 Å². The average molecular weight is 415 g/mol. The second-order valence-corrected chi connectivity index (χ2v) is 9.98. The zero-order valence-electron chi connectivity index (χ0n) is 16.2. The maximum Gasteiger partial charge on any atom is 0.274 e. The molecule has 5 nitrogen and oxygen atoms in total. The third-order valence-electron chi connectivity index (χ3n) is 6.91. The van der Waals surface area contributed by atoms with Crippen molar-refractivity contribution in [1.29, 1.82) is 0 Å². The third kappa shape index (κ3) is 2.50. The van der Waals surface area contributed by atoms with Crippen molar-refractivity contribution in [3.63, 3.8) is 0 Å². The normalized spacial score (nSPS) is 34.9. The van der Waals surface area contributed by atoms with Gasteiger partial charge in [-0.2, -0.15) is 0 Å². The van der Waals surface area contributed by atoms with E-state index in [2.05, 4.69) is 39.0 Å². The van der Waals surface area contributed by atoms with Crippen LogP contribution < -0.4 is 10.6 Å². The Morgan fingerprint density at radius 3 is 3.13 bits per heavy atom. The van der Waals surface area contributed by atoms with Gasteiger partial charge in [0.1, 0.15) is 5.69 Å². The standard InChI is InChI=1S/C24H20N4OS.H2/c29-22(19-6-5-13-3-1-2-4-18(13)26-19)27-20-9-15(7-14-8-17(14)20)23-28-24-10-16(24)11-25-12-21(24)30-23;/h1-7,9,11-12,14,16-17,23,28H,8,10H2,(H,27,29);1H. The van der Waals surface area contributed by atoms with Crippen molar-refractivity contribution in [2.24, 2.45) is 22.7 Å². The molecule has 1 aromatic heterocycles. The lowest BCUT2D eigenvalue weighted by atomic mass is 10.0. The molecule has 1 amide bonds. The summed E-state index contributed by atoms with van der Waals surface area (Å²) in [5.74, 6) is 1.38. The summed E-state index contributed by atoms with van der Waals surface area (Å²) in [5.41, 5.74) is 3.74. The number of para-hydroxylation sites is 1. The van der Waals surface area contributed by atoms with Crippen LogP contribution in [0, 0.1) is 17.8 Å². The van der Waals surface area contributed by atoms with E-state index in [-0.39, 0.29) is 18.2 Å². The predicted octanol–water partition coefficient (Wildman–Crippen LogP) is 4.02. The smallest absolute Gasteiger partial charge is 0.274 e. The second-order valence-electron chi connectivity index (χ2n) is 8.83. The number of nitrogens with zero attached hydrogens (tertiary/aromatic N) is 2. The van der Waals surface area contributed by atoms with Crippen molar-refractivity contribution >= 4 is 34.8 Å². The molecule has 1 spiro atoms. The van der Waals surface area contributed by atoms with Gasteiger partial charge in [-0.25, -0.2) is 4.98 Å². The zero-order chi connectivity index (χ0) is 19.9. The number of hydrogen-bond acceptors (Lipinski definition) is 5. The number of allylic oxidation sites excluding steroid dienone is 2. The maximum absolute atomic E-state index is 12.9. The van der Waals surface area contributed by atoms with Gasteiger partial charge in [0, 0.05) is 41.7 Å². The van der Waals surface area contributed by atoms with Crippen molar-refractivity contribution in [1.82, 2.24) is 15.6 Å². The molecule has 2 N–H and O–H groups in total. The Hall–Kier alpha value is -2.70. The average Bonchev–Trinajstić information content (AvgIpc) is 3.66. The van der Waals surface area contributed by atoms with Crippen molar-refractivity contribution in [2.75, 3.05) is 0 Å². The van der Waals surface area contributed by atoms with Crippen LogP contribution in [0.5, 0.6) is 0 Å². The van der Waals surface area contributed by atoms with E-state index in [9.17, 15) is 4.79 Å². The number of hydrogen-bond donors (Lipinski definition) is 2. The number of fused-ring (bicyclic) bond motifs is 2. The molecule has 1 saturated heterocycles. The molecule has 3 aliphatic carbocycles. The number of rotatable bonds is 3. The largest absolute Gasteiger partial charge is 0.324 e. The topological polar surface area (TPSA) is 66.4 Å². The Labute approximate surface area is 179 Å². The quantitative estimate of drug-likeness (QED) is 0.796. The summed E-state index contributed by atoms with van der Waals surface area (Å²) in [6, 6.07) is 11.6. The van der Waals surface area contributed by atoms with Crippen LogP contribution in [-0.2, 0) is 0 Å². The molecule has 7 rings (SSSR count). The monoisotopic (exact) mass is 414 g/mol. The van der Waals surface area contributed by atoms with Gasteiger partial charge >= 0.3 is 0 Å². The van der Waals surface area contributed by atoms with E-state index in [1.54, 1.807) is 6.07 Å². The summed E-state index contributed by atoms with van der Waals surface area (Å²) in [5, 5.41) is 8.29. The van der Waals surface area contributed by atoms with Crippen LogP contribution in [0.25, 0.3) is 10.9 Å². The van der Waals surface area contributed by atoms with Crippen LogP contribution in [0.4, 0.5) is 0 Å². The van der Waals surface area contributed by atoms with Crippen molar-refractivity contribution in [3.8, 4) is 0 Å². The number of carbonyl (C=O) groups is 1. The molecule has 5 unspecified atom stereocenters. The van der Waals surface area contributed by atoms with Crippen LogP contribution in [-0.4, -0.2) is 28.0 Å². The van der Waals surface area contributed by atoms with Gasteiger partial charge in [-0.05, 0) is 42.5 Å². The first-order valence-electron chi connectivity index (χ1n) is 10.5. The minimum atomic E-state index is -0.128. The summed E-state index contributed by atoms with van der Waals surface area (Å²) >= 11 is 1.88. The number of pyridine rings is 1. The van der Waals surface area contributed by atoms with E-state index in [4.69, 9.17) is 0 Å². The highest BCUT2D eigenvalue weighted by Crippen LogP contribution is 2.60. The van der Waals surface area contributed by atoms with Crippen LogP contribution in [0.3, 0.4) is 0 Å². The van der Waals surface area contributed by atoms with Gasteiger partial charge in [0.2, 0.25) is 0 Å². The zero-order valence-corrected chi connectivity index (χ0v) is 17.0. The number of amides is 1. The molecule has 0 radical (unpaired) electrons. The first-order valence-corrected chi connectivity index (χ1v) is 11.4. The van der Waals surface area contributed by atoms with Crippen LogP contribution in [0.15, 0.2) is 75.9 Å². The SMILES string of the molecule is O=C(NC1=CC(C2NC34CC3C=NC=C4S2)=CC2CC12)c1ccc2ccccc2n1.[HH]. The molecule has 5 aliphatic rings. The highest BCUT2D eigenvalue weighted by Gasteiger charge is 2.62. The van der Waals surface area contributed by atoms with Gasteiger partial charge in [-0.3, -0.25) is 15.1 Å². The van der Waals surface area contributed by atoms with Crippen LogP contribution >= 0.6 is 11.8 Å². The number of carbonyl (C=O) groups excluding carboxylic acids is 1. The van der Waals surface area contributed by atoms with Gasteiger partial charge in [0.05, 0.1) is 16.4 Å². The molecule has 6 heteroatoms. The molecule has 3 heterocycles. The molecular formula is C24H22N4OS. The number of aliphatic imine (C=N–C) groups is 1. The van der Waals surface area contributed by atoms with Gasteiger partial charge < -0.3 is 5.32 Å². The summed E-state index contributed by atoms with van der Waals surface area (Å²) in [6.07, 6.45) is 10.9. The minimum Gasteiger partial charge on any atom is -0.324 e. The van der Waals surface area contributed by atoms with Gasteiger partial charge in [-0.1, -0.05) is 30.3 Å². The summed E-state index contributed by atoms with van der Waals surface area (Å²) in [7, 11) is 0. The van der Waals surface area contributed by atoms with E-state index >= 15 is 0 Å². The summed E-state index contributed by atoms with van der Waals surface area (Å²) in [4.78, 5) is 23.2. The van der Waals surface area contributed by atoms with Crippen LogP contribution in [0.1, 0.15) is 24.8 Å². The van der Waals surface area contributed by atoms with Crippen LogP contribution in [0.2, 0.25) is 0 Å². The molecule has 0 bridgehead atoms. The summed E-state index contributed by atoms with van der Waals surface area (Å²) < 4.78 is 0. The number of thioether (sulfide) groups is 1. The maximum atomic E-state index is 12.9. The lowest BCUT2D eigenvalue weighted by molar-refractivity contribution is 0.0959. The van der Waals surface area contributed by atoms with E-state index in [1.165, 1.54) is 10.5 Å². The molecule has 150 valence electrons. The number of aromatic nitrogens is 1. The van der Waals surface area contributed by atoms with E-state index < -0.39 is 0 Å². The molecule has 2 saturated carbocycles. The lowest BCUT2D eigenvalue weighted by Crippen LogP contribution is -2.35. The highest BCUT2D eigenvalue weighted by molar-refractivity contribution is 8.04. The predicted molar refractivity (Wildman–Crippen MR) is 121 cm³/mol. The number of benzene rings is 1. The molecular weight excluding hydrogens is 392 g/mol. The fraction of sp³-hybridized carbons (Fsp3) is 0.292. The van der Waals surface area contributed by atoms with Gasteiger partial charge in [0.15, 0.2) is 0 Å². The van der Waals surface area contributed by atoms with Crippen molar-refractivity contribution < 1.29 is 6.22 Å². The lowest BCUT2D eigenvalue weighted by Gasteiger charge is -2.19. The molecule has 3 fully saturated rings. The van der Waals surface area contributed by atoms with Crippen molar-refractivity contribution in [3.05, 3.63) is 76.6 Å². The Kier molecular flexibility index (Phi) is 3.36. The third-order valence-corrected chi connectivity index (χ3v) is 8.25. The minimum absolute atomic E-state index is 0. The molecule has 1 aromatic carbocycles. The van der Waals surface area contributed by atoms with E-state index in [0.717, 1.165) is 29.4 Å². The van der Waals surface area contributed by atoms with E-state index in [0.29, 0.717) is 23.4 Å². The Bertz CT molecular complexity index is 1250. The molecule has 2 aromatic rings. The number of nitrogens with one attached hydrogen (secondary N) is 2. The Balaban J connectivity index is 0.00000185. The molecule has 30 heavy (non-hydrogen) atoms. The van der Waals surface area contributed by atoms with E-state index in [1.807, 2.05) is 48.3 Å². The first-order chi connectivity index (χ1) is 14.7. The fourth-order valence-electron chi connectivity index (χ4n) is 5.01.